The van der Waals surface area contributed by atoms with Crippen molar-refractivity contribution in [2.45, 2.75) is 56.4 Å². The summed E-state index contributed by atoms with van der Waals surface area (Å²) >= 11 is 1.29. The highest BCUT2D eigenvalue weighted by atomic mass is 32.2. The molecule has 1 amide bonds. The summed E-state index contributed by atoms with van der Waals surface area (Å²) in [7, 11) is 0. The minimum atomic E-state index is -1.03. The zero-order valence-electron chi connectivity index (χ0n) is 10.7. The van der Waals surface area contributed by atoms with Gasteiger partial charge in [-0.3, -0.25) is 9.59 Å². The number of aliphatic carboxylic acids is 1. The maximum atomic E-state index is 11.9. The van der Waals surface area contributed by atoms with Crippen LogP contribution in [0.15, 0.2) is 0 Å². The summed E-state index contributed by atoms with van der Waals surface area (Å²) < 4.78 is 0. The lowest BCUT2D eigenvalue weighted by Crippen LogP contribution is -2.41. The zero-order chi connectivity index (χ0) is 13.5. The Kier molecular flexibility index (Phi) is 6.49. The summed E-state index contributed by atoms with van der Waals surface area (Å²) in [6.45, 7) is 1.79. The van der Waals surface area contributed by atoms with Crippen LogP contribution in [0.25, 0.3) is 0 Å². The monoisotopic (exact) mass is 274 g/mol. The van der Waals surface area contributed by atoms with Crippen molar-refractivity contribution in [2.24, 2.45) is 5.73 Å². The minimum absolute atomic E-state index is 0.00973. The molecule has 0 saturated heterocycles. The first-order chi connectivity index (χ1) is 8.50. The Morgan fingerprint density at radius 3 is 2.56 bits per heavy atom. The minimum Gasteiger partial charge on any atom is -0.480 e. The Hall–Kier alpha value is -0.750. The van der Waals surface area contributed by atoms with E-state index in [1.807, 2.05) is 0 Å². The van der Waals surface area contributed by atoms with Crippen molar-refractivity contribution >= 4 is 23.6 Å². The van der Waals surface area contributed by atoms with Gasteiger partial charge in [0.05, 0.1) is 5.25 Å². The SMILES string of the molecule is CC(SC[C@H](N)C(=O)O)C(=O)NC1CCCCC1. The number of nitrogens with two attached hydrogens (primary N) is 1. The van der Waals surface area contributed by atoms with Crippen molar-refractivity contribution in [2.75, 3.05) is 5.75 Å². The third kappa shape index (κ3) is 5.27. The molecule has 0 spiro atoms. The number of hydrogen-bond acceptors (Lipinski definition) is 4. The first-order valence-electron chi connectivity index (χ1n) is 6.41. The normalized spacial score (nSPS) is 20.1. The number of hydrogen-bond donors (Lipinski definition) is 3. The smallest absolute Gasteiger partial charge is 0.321 e. The maximum absolute atomic E-state index is 11.9. The molecule has 0 aromatic rings. The van der Waals surface area contributed by atoms with Gasteiger partial charge in [0.25, 0.3) is 0 Å². The topological polar surface area (TPSA) is 92.4 Å². The Morgan fingerprint density at radius 1 is 1.39 bits per heavy atom. The second-order valence-electron chi connectivity index (χ2n) is 4.76. The van der Waals surface area contributed by atoms with Crippen LogP contribution in [0.3, 0.4) is 0 Å². The van der Waals surface area contributed by atoms with Gasteiger partial charge in [0.2, 0.25) is 5.91 Å². The molecule has 0 radical (unpaired) electrons. The molecule has 5 nitrogen and oxygen atoms in total. The molecule has 0 bridgehead atoms. The Bertz CT molecular complexity index is 293. The van der Waals surface area contributed by atoms with Crippen molar-refractivity contribution < 1.29 is 14.7 Å². The van der Waals surface area contributed by atoms with Crippen LogP contribution in [0, 0.1) is 0 Å². The van der Waals surface area contributed by atoms with Crippen LogP contribution < -0.4 is 11.1 Å². The molecule has 1 fully saturated rings. The summed E-state index contributed by atoms with van der Waals surface area (Å²) in [6, 6.07) is -0.609. The quantitative estimate of drug-likeness (QED) is 0.671. The largest absolute Gasteiger partial charge is 0.480 e. The molecule has 1 aliphatic carbocycles. The van der Waals surface area contributed by atoms with Crippen LogP contribution in [-0.4, -0.2) is 40.1 Å². The van der Waals surface area contributed by atoms with Gasteiger partial charge in [0, 0.05) is 11.8 Å². The molecular formula is C12H22N2O3S. The fraction of sp³-hybridized carbons (Fsp3) is 0.833. The molecule has 2 atom stereocenters. The van der Waals surface area contributed by atoms with E-state index >= 15 is 0 Å². The molecule has 18 heavy (non-hydrogen) atoms. The highest BCUT2D eigenvalue weighted by molar-refractivity contribution is 8.00. The predicted octanol–water partition coefficient (Wildman–Crippen LogP) is 0.969. The number of amides is 1. The summed E-state index contributed by atoms with van der Waals surface area (Å²) in [5.41, 5.74) is 5.40. The van der Waals surface area contributed by atoms with E-state index in [-0.39, 0.29) is 16.9 Å². The fourth-order valence-corrected chi connectivity index (χ4v) is 2.82. The van der Waals surface area contributed by atoms with Gasteiger partial charge in [0.1, 0.15) is 6.04 Å². The second-order valence-corrected chi connectivity index (χ2v) is 6.14. The third-order valence-corrected chi connectivity index (χ3v) is 4.43. The van der Waals surface area contributed by atoms with Crippen molar-refractivity contribution in [1.82, 2.24) is 5.32 Å². The van der Waals surface area contributed by atoms with Crippen LogP contribution in [0.2, 0.25) is 0 Å². The molecule has 0 aromatic carbocycles. The lowest BCUT2D eigenvalue weighted by molar-refractivity contribution is -0.138. The molecule has 1 aliphatic rings. The van der Waals surface area contributed by atoms with E-state index < -0.39 is 12.0 Å². The number of thioether (sulfide) groups is 1. The first-order valence-corrected chi connectivity index (χ1v) is 7.46. The number of carbonyl (C=O) groups excluding carboxylic acids is 1. The van der Waals surface area contributed by atoms with Gasteiger partial charge < -0.3 is 16.2 Å². The Balaban J connectivity index is 2.25. The van der Waals surface area contributed by atoms with Gasteiger partial charge >= 0.3 is 5.97 Å². The Morgan fingerprint density at radius 2 is 2.00 bits per heavy atom. The number of carboxylic acids is 1. The molecule has 1 saturated carbocycles. The van der Waals surface area contributed by atoms with E-state index in [2.05, 4.69) is 5.32 Å². The summed E-state index contributed by atoms with van der Waals surface area (Å²) in [4.78, 5) is 22.4. The highest BCUT2D eigenvalue weighted by Crippen LogP contribution is 2.18. The zero-order valence-corrected chi connectivity index (χ0v) is 11.5. The van der Waals surface area contributed by atoms with Gasteiger partial charge in [-0.25, -0.2) is 0 Å². The maximum Gasteiger partial charge on any atom is 0.321 e. The van der Waals surface area contributed by atoms with Crippen LogP contribution in [0.4, 0.5) is 0 Å². The lowest BCUT2D eigenvalue weighted by atomic mass is 9.95. The summed E-state index contributed by atoms with van der Waals surface area (Å²) in [6.07, 6.45) is 5.71. The average molecular weight is 274 g/mol. The highest BCUT2D eigenvalue weighted by Gasteiger charge is 2.21. The Labute approximate surface area is 112 Å². The molecule has 1 unspecified atom stereocenters. The molecule has 104 valence electrons. The fourth-order valence-electron chi connectivity index (χ4n) is 1.96. The van der Waals surface area contributed by atoms with E-state index in [1.165, 1.54) is 31.0 Å². The molecule has 6 heteroatoms. The van der Waals surface area contributed by atoms with Crippen LogP contribution >= 0.6 is 11.8 Å². The number of carboxylic acid groups (broad SMARTS) is 1. The molecule has 1 rings (SSSR count). The number of nitrogens with one attached hydrogen (secondary N) is 1. The van der Waals surface area contributed by atoms with E-state index in [1.54, 1.807) is 6.92 Å². The molecule has 4 N–H and O–H groups in total. The van der Waals surface area contributed by atoms with Crippen LogP contribution in [0.5, 0.6) is 0 Å². The second kappa shape index (κ2) is 7.63. The van der Waals surface area contributed by atoms with E-state index in [4.69, 9.17) is 10.8 Å². The van der Waals surface area contributed by atoms with Crippen molar-refractivity contribution in [3.63, 3.8) is 0 Å². The van der Waals surface area contributed by atoms with Crippen molar-refractivity contribution in [3.8, 4) is 0 Å². The van der Waals surface area contributed by atoms with Gasteiger partial charge in [-0.1, -0.05) is 19.3 Å². The number of carbonyl (C=O) groups is 2. The first kappa shape index (κ1) is 15.3. The van der Waals surface area contributed by atoms with Gasteiger partial charge in [-0.05, 0) is 19.8 Å². The van der Waals surface area contributed by atoms with Gasteiger partial charge in [-0.15, -0.1) is 11.8 Å². The number of rotatable bonds is 6. The van der Waals surface area contributed by atoms with Crippen LogP contribution in [-0.2, 0) is 9.59 Å². The molecule has 0 aromatic heterocycles. The summed E-state index contributed by atoms with van der Waals surface area (Å²) in [5.74, 6) is -0.777. The van der Waals surface area contributed by atoms with E-state index in [9.17, 15) is 9.59 Å². The molecule has 0 heterocycles. The van der Waals surface area contributed by atoms with E-state index in [0.29, 0.717) is 6.04 Å². The van der Waals surface area contributed by atoms with E-state index in [0.717, 1.165) is 12.8 Å². The van der Waals surface area contributed by atoms with Gasteiger partial charge in [0.15, 0.2) is 0 Å². The van der Waals surface area contributed by atoms with Crippen molar-refractivity contribution in [1.29, 1.82) is 0 Å². The summed E-state index contributed by atoms with van der Waals surface area (Å²) in [5, 5.41) is 11.4. The predicted molar refractivity (Wildman–Crippen MR) is 72.5 cm³/mol. The third-order valence-electron chi connectivity index (χ3n) is 3.16. The van der Waals surface area contributed by atoms with Crippen LogP contribution in [0.1, 0.15) is 39.0 Å². The standard InChI is InChI=1S/C12H22N2O3S/c1-8(18-7-10(13)12(16)17)11(15)14-9-5-3-2-4-6-9/h8-10H,2-7,13H2,1H3,(H,14,15)(H,16,17)/t8?,10-/m0/s1. The average Bonchev–Trinajstić information content (AvgIpc) is 2.36. The molecule has 0 aliphatic heterocycles. The van der Waals surface area contributed by atoms with Crippen molar-refractivity contribution in [3.05, 3.63) is 0 Å². The van der Waals surface area contributed by atoms with Gasteiger partial charge in [-0.2, -0.15) is 0 Å². The lowest BCUT2D eigenvalue weighted by Gasteiger charge is -2.24. The molecular weight excluding hydrogens is 252 g/mol.